The van der Waals surface area contributed by atoms with Crippen LogP contribution in [0.25, 0.3) is 5.69 Å². The molecule has 2 N–H and O–H groups in total. The van der Waals surface area contributed by atoms with Crippen LogP contribution in [0.4, 0.5) is 5.69 Å². The maximum atomic E-state index is 9.83. The number of benzene rings is 2. The summed E-state index contributed by atoms with van der Waals surface area (Å²) in [4.78, 5) is 6.73. The van der Waals surface area contributed by atoms with E-state index in [4.69, 9.17) is 17.0 Å². The molecule has 2 unspecified atom stereocenters. The van der Waals surface area contributed by atoms with Gasteiger partial charge in [0.25, 0.3) is 0 Å². The molecule has 0 saturated carbocycles. The van der Waals surface area contributed by atoms with Crippen LogP contribution in [-0.2, 0) is 0 Å². The Labute approximate surface area is 198 Å². The van der Waals surface area contributed by atoms with Crippen molar-refractivity contribution >= 4 is 23.0 Å². The Morgan fingerprint density at radius 1 is 0.939 bits per heavy atom. The quantitative estimate of drug-likeness (QED) is 0.409. The molecule has 0 aliphatic carbocycles. The summed E-state index contributed by atoms with van der Waals surface area (Å²) < 4.78 is 7.59. The second-order valence-corrected chi connectivity index (χ2v) is 8.33. The lowest BCUT2D eigenvalue weighted by Gasteiger charge is -2.29. The topological polar surface area (TPSA) is 62.5 Å². The summed E-state index contributed by atoms with van der Waals surface area (Å²) in [5.41, 5.74) is 5.03. The van der Waals surface area contributed by atoms with E-state index in [0.717, 1.165) is 34.2 Å². The maximum Gasteiger partial charge on any atom is 0.174 e. The van der Waals surface area contributed by atoms with E-state index in [9.17, 15) is 5.11 Å². The number of ether oxygens (including phenoxy) is 1. The smallest absolute Gasteiger partial charge is 0.174 e. The molecule has 4 aromatic rings. The first-order valence-corrected chi connectivity index (χ1v) is 11.1. The molecule has 0 spiro atoms. The van der Waals surface area contributed by atoms with Crippen LogP contribution >= 0.6 is 12.2 Å². The zero-order valence-electron chi connectivity index (χ0n) is 18.3. The first kappa shape index (κ1) is 21.0. The standard InChI is InChI=1S/C26H24N4O2S/c1-17-6-15-23(29(17)18-9-13-21(32-2)14-10-18)25-24(22-5-3-4-16-27-22)28-26(33)30(25)19-7-11-20(31)12-8-19/h3-16,24-25,31H,1-2H3,(H,28,33). The number of aromatic nitrogens is 2. The molecule has 1 fully saturated rings. The molecular weight excluding hydrogens is 432 g/mol. The summed E-state index contributed by atoms with van der Waals surface area (Å²) in [6.07, 6.45) is 1.80. The molecule has 0 amide bonds. The summed E-state index contributed by atoms with van der Waals surface area (Å²) in [7, 11) is 1.67. The predicted molar refractivity (Wildman–Crippen MR) is 133 cm³/mol. The third-order valence-electron chi connectivity index (χ3n) is 5.97. The minimum Gasteiger partial charge on any atom is -0.508 e. The van der Waals surface area contributed by atoms with Crippen molar-refractivity contribution in [3.8, 4) is 17.2 Å². The molecule has 1 aliphatic rings. The number of phenols is 1. The summed E-state index contributed by atoms with van der Waals surface area (Å²) in [5.74, 6) is 1.03. The molecule has 2 aromatic heterocycles. The molecule has 166 valence electrons. The Bertz CT molecular complexity index is 1270. The number of aryl methyl sites for hydroxylation is 1. The minimum atomic E-state index is -0.159. The van der Waals surface area contributed by atoms with Gasteiger partial charge in [-0.15, -0.1) is 0 Å². The number of hydrogen-bond donors (Lipinski definition) is 2. The number of methoxy groups -OCH3 is 1. The average molecular weight is 457 g/mol. The molecule has 2 aromatic carbocycles. The molecule has 7 heteroatoms. The van der Waals surface area contributed by atoms with Gasteiger partial charge in [0.15, 0.2) is 5.11 Å². The Kier molecular flexibility index (Phi) is 5.48. The van der Waals surface area contributed by atoms with Crippen molar-refractivity contribution in [2.24, 2.45) is 0 Å². The van der Waals surface area contributed by atoms with Crippen molar-refractivity contribution < 1.29 is 9.84 Å². The van der Waals surface area contributed by atoms with Crippen molar-refractivity contribution in [1.82, 2.24) is 14.9 Å². The lowest BCUT2D eigenvalue weighted by molar-refractivity contribution is 0.414. The van der Waals surface area contributed by atoms with Crippen LogP contribution in [0.2, 0.25) is 0 Å². The van der Waals surface area contributed by atoms with E-state index in [1.807, 2.05) is 42.5 Å². The van der Waals surface area contributed by atoms with Gasteiger partial charge in [0.05, 0.1) is 18.8 Å². The lowest BCUT2D eigenvalue weighted by Crippen LogP contribution is -2.30. The van der Waals surface area contributed by atoms with Crippen molar-refractivity contribution in [3.63, 3.8) is 0 Å². The fourth-order valence-electron chi connectivity index (χ4n) is 4.42. The number of rotatable bonds is 5. The highest BCUT2D eigenvalue weighted by Crippen LogP contribution is 2.43. The molecule has 1 saturated heterocycles. The molecule has 2 atom stereocenters. The number of hydrogen-bond acceptors (Lipinski definition) is 4. The van der Waals surface area contributed by atoms with Gasteiger partial charge in [-0.25, -0.2) is 0 Å². The molecule has 6 nitrogen and oxygen atoms in total. The number of anilines is 1. The third-order valence-corrected chi connectivity index (χ3v) is 6.28. The molecule has 5 rings (SSSR count). The monoisotopic (exact) mass is 456 g/mol. The van der Waals surface area contributed by atoms with Crippen LogP contribution in [-0.4, -0.2) is 26.9 Å². The van der Waals surface area contributed by atoms with Crippen molar-refractivity contribution in [1.29, 1.82) is 0 Å². The van der Waals surface area contributed by atoms with Gasteiger partial charge >= 0.3 is 0 Å². The first-order chi connectivity index (χ1) is 16.1. The lowest BCUT2D eigenvalue weighted by atomic mass is 10.0. The van der Waals surface area contributed by atoms with Crippen molar-refractivity contribution in [2.75, 3.05) is 12.0 Å². The van der Waals surface area contributed by atoms with Crippen molar-refractivity contribution in [2.45, 2.75) is 19.0 Å². The molecule has 0 radical (unpaired) electrons. The number of phenolic OH excluding ortho intramolecular Hbond substituents is 1. The molecule has 33 heavy (non-hydrogen) atoms. The number of nitrogens with zero attached hydrogens (tertiary/aromatic N) is 3. The van der Waals surface area contributed by atoms with E-state index in [1.165, 1.54) is 0 Å². The normalized spacial score (nSPS) is 17.8. The Morgan fingerprint density at radius 2 is 1.67 bits per heavy atom. The molecule has 0 bridgehead atoms. The van der Waals surface area contributed by atoms with Crippen molar-refractivity contribution in [3.05, 3.63) is 102 Å². The van der Waals surface area contributed by atoms with E-state index < -0.39 is 0 Å². The number of thiocarbonyl (C=S) groups is 1. The Hall–Kier alpha value is -3.84. The van der Waals surface area contributed by atoms with Crippen LogP contribution < -0.4 is 15.0 Å². The van der Waals surface area contributed by atoms with Gasteiger partial charge in [0.2, 0.25) is 0 Å². The highest BCUT2D eigenvalue weighted by Gasteiger charge is 2.42. The largest absolute Gasteiger partial charge is 0.508 e. The van der Waals surface area contributed by atoms with Crippen LogP contribution in [0.5, 0.6) is 11.5 Å². The van der Waals surface area contributed by atoms with E-state index in [2.05, 4.69) is 51.0 Å². The van der Waals surface area contributed by atoms with Gasteiger partial charge in [0, 0.05) is 29.0 Å². The second kappa shape index (κ2) is 8.60. The molecule has 3 heterocycles. The summed E-state index contributed by atoms with van der Waals surface area (Å²) in [6, 6.07) is 25.0. The van der Waals surface area contributed by atoms with E-state index in [0.29, 0.717) is 5.11 Å². The van der Waals surface area contributed by atoms with Crippen LogP contribution in [0.1, 0.15) is 29.2 Å². The van der Waals surface area contributed by atoms with Crippen LogP contribution in [0.15, 0.2) is 85.1 Å². The summed E-state index contributed by atoms with van der Waals surface area (Å²) >= 11 is 5.81. The van der Waals surface area contributed by atoms with E-state index >= 15 is 0 Å². The fraction of sp³-hybridized carbons (Fsp3) is 0.154. The maximum absolute atomic E-state index is 9.83. The predicted octanol–water partition coefficient (Wildman–Crippen LogP) is 5.07. The number of nitrogens with one attached hydrogen (secondary N) is 1. The molecular formula is C26H24N4O2S. The third kappa shape index (κ3) is 3.81. The highest BCUT2D eigenvalue weighted by atomic mass is 32.1. The van der Waals surface area contributed by atoms with Crippen LogP contribution in [0.3, 0.4) is 0 Å². The van der Waals surface area contributed by atoms with E-state index in [-0.39, 0.29) is 17.8 Å². The average Bonchev–Trinajstić information content (AvgIpc) is 3.39. The Balaban J connectivity index is 1.67. The Morgan fingerprint density at radius 3 is 2.33 bits per heavy atom. The first-order valence-electron chi connectivity index (χ1n) is 10.7. The van der Waals surface area contributed by atoms with Gasteiger partial charge in [0.1, 0.15) is 17.5 Å². The number of pyridine rings is 1. The molecule has 1 aliphatic heterocycles. The highest BCUT2D eigenvalue weighted by molar-refractivity contribution is 7.80. The summed E-state index contributed by atoms with van der Waals surface area (Å²) in [5, 5.41) is 13.9. The van der Waals surface area contributed by atoms with E-state index in [1.54, 1.807) is 25.4 Å². The fourth-order valence-corrected chi connectivity index (χ4v) is 4.77. The summed E-state index contributed by atoms with van der Waals surface area (Å²) in [6.45, 7) is 2.09. The number of aromatic hydroxyl groups is 1. The minimum absolute atomic E-state index is 0.154. The van der Waals surface area contributed by atoms with Gasteiger partial charge in [-0.2, -0.15) is 0 Å². The zero-order valence-corrected chi connectivity index (χ0v) is 19.2. The van der Waals surface area contributed by atoms with Gasteiger partial charge in [-0.1, -0.05) is 6.07 Å². The van der Waals surface area contributed by atoms with Gasteiger partial charge < -0.3 is 24.6 Å². The van der Waals surface area contributed by atoms with Gasteiger partial charge in [-0.3, -0.25) is 4.98 Å². The van der Waals surface area contributed by atoms with Gasteiger partial charge in [-0.05, 0) is 91.9 Å². The second-order valence-electron chi connectivity index (χ2n) is 7.95. The zero-order chi connectivity index (χ0) is 22.9. The van der Waals surface area contributed by atoms with Crippen LogP contribution in [0, 0.1) is 6.92 Å². The SMILES string of the molecule is COc1ccc(-n2c(C)ccc2C2C(c3ccccn3)NC(=S)N2c2ccc(O)cc2)cc1.